The summed E-state index contributed by atoms with van der Waals surface area (Å²) in [5, 5.41) is 2.06. The highest BCUT2D eigenvalue weighted by Gasteiger charge is 2.21. The molecule has 0 amide bonds. The molecule has 0 aliphatic heterocycles. The summed E-state index contributed by atoms with van der Waals surface area (Å²) in [5.74, 6) is 0. The Kier molecular flexibility index (Phi) is 3.62. The topological polar surface area (TPSA) is 0 Å². The molecule has 0 aromatic heterocycles. The molecule has 102 valence electrons. The Labute approximate surface area is 113 Å². The van der Waals surface area contributed by atoms with Gasteiger partial charge in [0.1, 0.15) is 0 Å². The van der Waals surface area contributed by atoms with Gasteiger partial charge in [0.15, 0.2) is 0 Å². The monoisotopic (exact) mass is 262 g/mol. The molecule has 0 atom stereocenters. The van der Waals surface area contributed by atoms with Gasteiger partial charge in [0.05, 0.1) is 0 Å². The van der Waals surface area contributed by atoms with Crippen molar-refractivity contribution in [1.82, 2.24) is 0 Å². The van der Waals surface area contributed by atoms with E-state index in [1.165, 1.54) is 5.56 Å². The van der Waals surface area contributed by atoms with Crippen molar-refractivity contribution in [3.8, 4) is 0 Å². The number of benzene rings is 2. The highest BCUT2D eigenvalue weighted by molar-refractivity contribution is 5.90. The number of hydrogen-bond donors (Lipinski definition) is 0. The van der Waals surface area contributed by atoms with Crippen LogP contribution >= 0.6 is 0 Å². The second-order valence-electron chi connectivity index (χ2n) is 5.99. The molecule has 0 aliphatic rings. The van der Waals surface area contributed by atoms with Gasteiger partial charge in [0.25, 0.3) is 6.43 Å². The zero-order chi connectivity index (χ0) is 14.2. The van der Waals surface area contributed by atoms with Gasteiger partial charge in [0.2, 0.25) is 0 Å². The van der Waals surface area contributed by atoms with Gasteiger partial charge in [-0.2, -0.15) is 0 Å². The summed E-state index contributed by atoms with van der Waals surface area (Å²) in [5.41, 5.74) is 2.21. The molecule has 2 heteroatoms. The highest BCUT2D eigenvalue weighted by Crippen LogP contribution is 2.36. The van der Waals surface area contributed by atoms with E-state index in [2.05, 4.69) is 33.8 Å². The molecule has 0 heterocycles. The molecular formula is C17H20F2. The molecule has 0 spiro atoms. The smallest absolute Gasteiger partial charge is 0.205 e. The molecular weight excluding hydrogens is 242 g/mol. The van der Waals surface area contributed by atoms with Gasteiger partial charge in [-0.05, 0) is 45.9 Å². The zero-order valence-electron chi connectivity index (χ0n) is 11.9. The van der Waals surface area contributed by atoms with E-state index in [-0.39, 0.29) is 11.0 Å². The fraction of sp³-hybridized carbons (Fsp3) is 0.412. The van der Waals surface area contributed by atoms with Crippen molar-refractivity contribution in [3.05, 3.63) is 47.0 Å². The normalized spacial score (nSPS) is 12.4. The van der Waals surface area contributed by atoms with E-state index in [9.17, 15) is 8.78 Å². The molecule has 19 heavy (non-hydrogen) atoms. The van der Waals surface area contributed by atoms with Crippen molar-refractivity contribution < 1.29 is 8.78 Å². The molecule has 0 fully saturated rings. The predicted octanol–water partition coefficient (Wildman–Crippen LogP) is 5.64. The van der Waals surface area contributed by atoms with Gasteiger partial charge in [-0.25, -0.2) is 8.78 Å². The Morgan fingerprint density at radius 1 is 1.11 bits per heavy atom. The van der Waals surface area contributed by atoms with E-state index in [0.29, 0.717) is 0 Å². The number of hydrogen-bond acceptors (Lipinski definition) is 0. The summed E-state index contributed by atoms with van der Waals surface area (Å²) in [7, 11) is 0. The molecule has 0 N–H and O–H groups in total. The summed E-state index contributed by atoms with van der Waals surface area (Å²) in [6, 6.07) is 9.25. The number of alkyl halides is 2. The van der Waals surface area contributed by atoms with Gasteiger partial charge in [0, 0.05) is 5.56 Å². The maximum Gasteiger partial charge on any atom is 0.263 e. The molecule has 0 saturated heterocycles. The summed E-state index contributed by atoms with van der Waals surface area (Å²) in [6.45, 7) is 8.32. The summed E-state index contributed by atoms with van der Waals surface area (Å²) >= 11 is 0. The van der Waals surface area contributed by atoms with Crippen LogP contribution < -0.4 is 0 Å². The minimum atomic E-state index is -2.42. The average Bonchev–Trinajstić information content (AvgIpc) is 2.35. The van der Waals surface area contributed by atoms with Crippen LogP contribution in [0.4, 0.5) is 8.78 Å². The molecule has 2 rings (SSSR count). The maximum atomic E-state index is 13.0. The molecule has 2 aromatic carbocycles. The van der Waals surface area contributed by atoms with Crippen LogP contribution in [0, 0.1) is 0 Å². The van der Waals surface area contributed by atoms with Crippen molar-refractivity contribution >= 4 is 10.8 Å². The SMILES string of the molecule is CCc1cccc2cc(C(F)F)cc(C(C)(C)C)c12. The molecule has 2 aromatic rings. The van der Waals surface area contributed by atoms with Crippen LogP contribution in [0.5, 0.6) is 0 Å². The zero-order valence-corrected chi connectivity index (χ0v) is 11.9. The van der Waals surface area contributed by atoms with Crippen LogP contribution in [0.15, 0.2) is 30.3 Å². The third-order valence-electron chi connectivity index (χ3n) is 3.53. The van der Waals surface area contributed by atoms with E-state index in [1.54, 1.807) is 12.1 Å². The molecule has 0 radical (unpaired) electrons. The van der Waals surface area contributed by atoms with Crippen molar-refractivity contribution in [2.45, 2.75) is 46.0 Å². The second kappa shape index (κ2) is 4.92. The molecule has 0 saturated carbocycles. The number of halogens is 2. The standard InChI is InChI=1S/C17H20F2/c1-5-11-7-6-8-12-9-13(16(18)19)10-14(15(11)12)17(2,3)4/h6-10,16H,5H2,1-4H3. The fourth-order valence-electron chi connectivity index (χ4n) is 2.54. The summed E-state index contributed by atoms with van der Waals surface area (Å²) in [6.07, 6.45) is -1.51. The van der Waals surface area contributed by atoms with E-state index < -0.39 is 6.43 Å². The molecule has 0 bridgehead atoms. The van der Waals surface area contributed by atoms with E-state index in [0.717, 1.165) is 22.8 Å². The second-order valence-corrected chi connectivity index (χ2v) is 5.99. The van der Waals surface area contributed by atoms with E-state index >= 15 is 0 Å². The Balaban J connectivity index is 2.87. The van der Waals surface area contributed by atoms with Crippen molar-refractivity contribution in [3.63, 3.8) is 0 Å². The number of fused-ring (bicyclic) bond motifs is 1. The summed E-state index contributed by atoms with van der Waals surface area (Å²) < 4.78 is 26.1. The number of aryl methyl sites for hydroxylation is 1. The minimum absolute atomic E-state index is 0.116. The Morgan fingerprint density at radius 3 is 2.32 bits per heavy atom. The van der Waals surface area contributed by atoms with Gasteiger partial charge in [-0.15, -0.1) is 0 Å². The largest absolute Gasteiger partial charge is 0.263 e. The quantitative estimate of drug-likeness (QED) is 0.657. The van der Waals surface area contributed by atoms with E-state index in [1.807, 2.05) is 12.1 Å². The predicted molar refractivity (Wildman–Crippen MR) is 77.0 cm³/mol. The first-order chi connectivity index (χ1) is 8.84. The maximum absolute atomic E-state index is 13.0. The van der Waals surface area contributed by atoms with Gasteiger partial charge >= 0.3 is 0 Å². The minimum Gasteiger partial charge on any atom is -0.205 e. The molecule has 0 aliphatic carbocycles. The highest BCUT2D eigenvalue weighted by atomic mass is 19.3. The lowest BCUT2D eigenvalue weighted by atomic mass is 9.81. The first kappa shape index (κ1) is 14.0. The van der Waals surface area contributed by atoms with E-state index in [4.69, 9.17) is 0 Å². The van der Waals surface area contributed by atoms with Crippen LogP contribution in [-0.2, 0) is 11.8 Å². The molecule has 0 nitrogen and oxygen atoms in total. The lowest BCUT2D eigenvalue weighted by Crippen LogP contribution is -2.13. The van der Waals surface area contributed by atoms with Gasteiger partial charge in [-0.1, -0.05) is 45.9 Å². The Hall–Kier alpha value is -1.44. The van der Waals surface area contributed by atoms with Crippen LogP contribution in [0.2, 0.25) is 0 Å². The van der Waals surface area contributed by atoms with Crippen LogP contribution in [0.3, 0.4) is 0 Å². The third-order valence-corrected chi connectivity index (χ3v) is 3.53. The Morgan fingerprint density at radius 2 is 1.79 bits per heavy atom. The fourth-order valence-corrected chi connectivity index (χ4v) is 2.54. The van der Waals surface area contributed by atoms with Crippen molar-refractivity contribution in [2.24, 2.45) is 0 Å². The van der Waals surface area contributed by atoms with Crippen LogP contribution in [0.25, 0.3) is 10.8 Å². The lowest BCUT2D eigenvalue weighted by Gasteiger charge is -2.24. The first-order valence-electron chi connectivity index (χ1n) is 6.68. The van der Waals surface area contributed by atoms with Crippen LogP contribution in [-0.4, -0.2) is 0 Å². The Bertz CT molecular complexity index is 592. The third kappa shape index (κ3) is 2.63. The first-order valence-corrected chi connectivity index (χ1v) is 6.68. The van der Waals surface area contributed by atoms with Crippen molar-refractivity contribution in [2.75, 3.05) is 0 Å². The van der Waals surface area contributed by atoms with Gasteiger partial charge in [-0.3, -0.25) is 0 Å². The van der Waals surface area contributed by atoms with Gasteiger partial charge < -0.3 is 0 Å². The lowest BCUT2D eigenvalue weighted by molar-refractivity contribution is 0.151. The molecule has 0 unspecified atom stereocenters. The van der Waals surface area contributed by atoms with Crippen molar-refractivity contribution in [1.29, 1.82) is 0 Å². The summed E-state index contributed by atoms with van der Waals surface area (Å²) in [4.78, 5) is 0. The average molecular weight is 262 g/mol. The van der Waals surface area contributed by atoms with Crippen LogP contribution in [0.1, 0.15) is 50.8 Å². The number of rotatable bonds is 2.